The molecule has 168 valence electrons. The lowest BCUT2D eigenvalue weighted by atomic mass is 10.0. The van der Waals surface area contributed by atoms with Gasteiger partial charge in [0.15, 0.2) is 0 Å². The lowest BCUT2D eigenvalue weighted by Gasteiger charge is -2.24. The number of rotatable bonds is 7. The molecule has 4 N–H and O–H groups in total. The van der Waals surface area contributed by atoms with Gasteiger partial charge in [-0.2, -0.15) is 0 Å². The molecule has 0 heterocycles. The van der Waals surface area contributed by atoms with E-state index in [0.717, 1.165) is 22.4 Å². The van der Waals surface area contributed by atoms with Crippen molar-refractivity contribution in [2.24, 2.45) is 0 Å². The van der Waals surface area contributed by atoms with Crippen molar-refractivity contribution in [2.45, 2.75) is 52.0 Å². The van der Waals surface area contributed by atoms with Crippen LogP contribution in [0.5, 0.6) is 0 Å². The largest absolute Gasteiger partial charge is 0.443 e. The molecule has 0 aliphatic heterocycles. The number of nitrogens with one attached hydrogen (secondary N) is 2. The number of amides is 2. The van der Waals surface area contributed by atoms with Gasteiger partial charge in [-0.3, -0.25) is 20.2 Å². The van der Waals surface area contributed by atoms with Crippen molar-refractivity contribution in [1.29, 1.82) is 0 Å². The van der Waals surface area contributed by atoms with Crippen LogP contribution in [-0.4, -0.2) is 47.1 Å². The maximum absolute atomic E-state index is 12.2. The van der Waals surface area contributed by atoms with Gasteiger partial charge in [0.25, 0.3) is 5.91 Å². The molecule has 0 aliphatic carbocycles. The van der Waals surface area contributed by atoms with Crippen LogP contribution in [0.15, 0.2) is 48.5 Å². The number of carbonyl (C=O) groups excluding carboxylic acids is 2. The van der Waals surface area contributed by atoms with E-state index in [1.54, 1.807) is 12.5 Å². The summed E-state index contributed by atoms with van der Waals surface area (Å²) in [5.74, 6) is -0.692. The standard InChI is InChI=1S/C23H31N3O5/c1-15(27)20(21(28)25-30)24-14-16-6-8-17(9-7-16)18-10-12-19(13-11-18)26(5)22(29)31-23(2,3)4/h6-13,15,20,24,27,30H,14H2,1-5H3,(H,25,28)/t15-,20+/m1/s1. The molecule has 0 radical (unpaired) electrons. The van der Waals surface area contributed by atoms with Gasteiger partial charge in [-0.15, -0.1) is 0 Å². The Kier molecular flexibility index (Phi) is 8.15. The van der Waals surface area contributed by atoms with E-state index in [-0.39, 0.29) is 0 Å². The fourth-order valence-electron chi connectivity index (χ4n) is 2.91. The minimum Gasteiger partial charge on any atom is -0.443 e. The summed E-state index contributed by atoms with van der Waals surface area (Å²) in [6, 6.07) is 14.4. The number of hydroxylamine groups is 1. The SMILES string of the molecule is C[C@@H](O)[C@H](NCc1ccc(-c2ccc(N(C)C(=O)OC(C)(C)C)cc2)cc1)C(=O)NO. The zero-order chi connectivity index (χ0) is 23.2. The van der Waals surface area contributed by atoms with Crippen LogP contribution in [0.2, 0.25) is 0 Å². The number of aliphatic hydroxyl groups excluding tert-OH is 1. The first kappa shape index (κ1) is 24.3. The molecule has 0 saturated heterocycles. The van der Waals surface area contributed by atoms with Crippen molar-refractivity contribution in [1.82, 2.24) is 10.8 Å². The van der Waals surface area contributed by atoms with E-state index in [0.29, 0.717) is 6.54 Å². The third-order valence-corrected chi connectivity index (χ3v) is 4.61. The molecule has 2 aromatic carbocycles. The minimum absolute atomic E-state index is 0.350. The Morgan fingerprint density at radius 1 is 1.03 bits per heavy atom. The molecule has 0 unspecified atom stereocenters. The third kappa shape index (κ3) is 7.06. The summed E-state index contributed by atoms with van der Waals surface area (Å²) >= 11 is 0. The summed E-state index contributed by atoms with van der Waals surface area (Å²) in [5, 5.41) is 21.4. The Morgan fingerprint density at radius 3 is 2.00 bits per heavy atom. The molecule has 8 heteroatoms. The van der Waals surface area contributed by atoms with Crippen LogP contribution in [0.3, 0.4) is 0 Å². The van der Waals surface area contributed by atoms with Gasteiger partial charge >= 0.3 is 6.09 Å². The average molecular weight is 430 g/mol. The van der Waals surface area contributed by atoms with Crippen molar-refractivity contribution in [2.75, 3.05) is 11.9 Å². The third-order valence-electron chi connectivity index (χ3n) is 4.61. The van der Waals surface area contributed by atoms with Gasteiger partial charge < -0.3 is 9.84 Å². The zero-order valence-electron chi connectivity index (χ0n) is 18.5. The van der Waals surface area contributed by atoms with E-state index in [4.69, 9.17) is 9.94 Å². The number of hydrogen-bond donors (Lipinski definition) is 4. The summed E-state index contributed by atoms with van der Waals surface area (Å²) in [4.78, 5) is 25.3. The second-order valence-corrected chi connectivity index (χ2v) is 8.36. The lowest BCUT2D eigenvalue weighted by Crippen LogP contribution is -2.49. The summed E-state index contributed by atoms with van der Waals surface area (Å²) in [5.41, 5.74) is 4.62. The van der Waals surface area contributed by atoms with E-state index < -0.39 is 29.7 Å². The van der Waals surface area contributed by atoms with Gasteiger partial charge in [-0.05, 0) is 56.5 Å². The first-order valence-electron chi connectivity index (χ1n) is 10.0. The van der Waals surface area contributed by atoms with E-state index in [9.17, 15) is 14.7 Å². The van der Waals surface area contributed by atoms with Crippen LogP contribution in [0.25, 0.3) is 11.1 Å². The topological polar surface area (TPSA) is 111 Å². The number of nitrogens with zero attached hydrogens (tertiary/aromatic N) is 1. The van der Waals surface area contributed by atoms with Crippen molar-refractivity contribution in [3.63, 3.8) is 0 Å². The number of aliphatic hydroxyl groups is 1. The van der Waals surface area contributed by atoms with Crippen LogP contribution < -0.4 is 15.7 Å². The summed E-state index contributed by atoms with van der Waals surface area (Å²) in [7, 11) is 1.67. The summed E-state index contributed by atoms with van der Waals surface area (Å²) in [6.45, 7) is 7.30. The lowest BCUT2D eigenvalue weighted by molar-refractivity contribution is -0.134. The Bertz CT molecular complexity index is 874. The van der Waals surface area contributed by atoms with Gasteiger partial charge in [-0.1, -0.05) is 36.4 Å². The Morgan fingerprint density at radius 2 is 1.55 bits per heavy atom. The quantitative estimate of drug-likeness (QED) is 0.398. The van der Waals surface area contributed by atoms with Crippen LogP contribution in [0.1, 0.15) is 33.3 Å². The first-order chi connectivity index (χ1) is 14.5. The molecule has 31 heavy (non-hydrogen) atoms. The molecule has 0 spiro atoms. The van der Waals surface area contributed by atoms with Gasteiger partial charge in [0, 0.05) is 19.3 Å². The fraction of sp³-hybridized carbons (Fsp3) is 0.391. The highest BCUT2D eigenvalue weighted by Gasteiger charge is 2.22. The van der Waals surface area contributed by atoms with Crippen molar-refractivity contribution >= 4 is 17.7 Å². The maximum Gasteiger partial charge on any atom is 0.414 e. The number of carbonyl (C=O) groups is 2. The number of benzene rings is 2. The first-order valence-corrected chi connectivity index (χ1v) is 10.0. The van der Waals surface area contributed by atoms with Crippen LogP contribution in [-0.2, 0) is 16.1 Å². The van der Waals surface area contributed by atoms with Crippen molar-refractivity contribution in [3.05, 3.63) is 54.1 Å². The molecule has 2 amide bonds. The average Bonchev–Trinajstić information content (AvgIpc) is 2.72. The number of hydrogen-bond acceptors (Lipinski definition) is 6. The molecule has 2 aromatic rings. The second kappa shape index (κ2) is 10.4. The van der Waals surface area contributed by atoms with Gasteiger partial charge in [-0.25, -0.2) is 10.3 Å². The fourth-order valence-corrected chi connectivity index (χ4v) is 2.91. The monoisotopic (exact) mass is 429 g/mol. The molecule has 8 nitrogen and oxygen atoms in total. The van der Waals surface area contributed by atoms with Crippen LogP contribution in [0.4, 0.5) is 10.5 Å². The van der Waals surface area contributed by atoms with E-state index in [1.807, 2.05) is 69.3 Å². The Labute approximate surface area is 182 Å². The van der Waals surface area contributed by atoms with E-state index in [1.165, 1.54) is 11.8 Å². The smallest absolute Gasteiger partial charge is 0.414 e. The summed E-state index contributed by atoms with van der Waals surface area (Å²) < 4.78 is 5.38. The highest BCUT2D eigenvalue weighted by atomic mass is 16.6. The van der Waals surface area contributed by atoms with Gasteiger partial charge in [0.1, 0.15) is 11.6 Å². The molecule has 0 aromatic heterocycles. The molecule has 0 saturated carbocycles. The number of anilines is 1. The zero-order valence-corrected chi connectivity index (χ0v) is 18.5. The molecule has 0 aliphatic rings. The molecule has 0 fully saturated rings. The van der Waals surface area contributed by atoms with Crippen molar-refractivity contribution in [3.8, 4) is 11.1 Å². The van der Waals surface area contributed by atoms with Crippen LogP contribution >= 0.6 is 0 Å². The molecular weight excluding hydrogens is 398 g/mol. The summed E-state index contributed by atoms with van der Waals surface area (Å²) in [6.07, 6.45) is -1.37. The molecule has 2 rings (SSSR count). The maximum atomic E-state index is 12.2. The molecular formula is C23H31N3O5. The Balaban J connectivity index is 2.03. The van der Waals surface area contributed by atoms with E-state index in [2.05, 4.69) is 5.32 Å². The highest BCUT2D eigenvalue weighted by molar-refractivity contribution is 5.87. The predicted molar refractivity (Wildman–Crippen MR) is 119 cm³/mol. The minimum atomic E-state index is -0.955. The Hall–Kier alpha value is -2.94. The van der Waals surface area contributed by atoms with Crippen molar-refractivity contribution < 1.29 is 24.6 Å². The molecule has 0 bridgehead atoms. The van der Waals surface area contributed by atoms with E-state index >= 15 is 0 Å². The normalized spacial score (nSPS) is 13.3. The second-order valence-electron chi connectivity index (χ2n) is 8.36. The van der Waals surface area contributed by atoms with Gasteiger partial charge in [0.2, 0.25) is 0 Å². The predicted octanol–water partition coefficient (Wildman–Crippen LogP) is 3.07. The van der Waals surface area contributed by atoms with Gasteiger partial charge in [0.05, 0.1) is 6.10 Å². The number of ether oxygens (including phenoxy) is 1. The molecule has 2 atom stereocenters. The highest BCUT2D eigenvalue weighted by Crippen LogP contribution is 2.24. The van der Waals surface area contributed by atoms with Crippen LogP contribution in [0, 0.1) is 0 Å².